The normalized spacial score (nSPS) is 11.1. The van der Waals surface area contributed by atoms with Crippen molar-refractivity contribution < 1.29 is 9.59 Å². The molecule has 0 spiro atoms. The highest BCUT2D eigenvalue weighted by Crippen LogP contribution is 2.07. The number of nitrogens with two attached hydrogens (primary N) is 1. The van der Waals surface area contributed by atoms with Crippen LogP contribution in [0.5, 0.6) is 0 Å². The molecule has 1 aromatic rings. The zero-order valence-electron chi connectivity index (χ0n) is 10.9. The fraction of sp³-hybridized carbons (Fsp3) is 0.385. The molecule has 98 valence electrons. The molecule has 4 N–H and O–H groups in total. The first-order valence-electron chi connectivity index (χ1n) is 5.73. The maximum atomic E-state index is 11.3. The summed E-state index contributed by atoms with van der Waals surface area (Å²) >= 11 is 0. The zero-order valence-corrected chi connectivity index (χ0v) is 10.9. The van der Waals surface area contributed by atoms with E-state index < -0.39 is 11.4 Å². The van der Waals surface area contributed by atoms with Crippen molar-refractivity contribution in [3.05, 3.63) is 35.4 Å². The fourth-order valence-electron chi connectivity index (χ4n) is 1.33. The van der Waals surface area contributed by atoms with Crippen LogP contribution < -0.4 is 16.4 Å². The van der Waals surface area contributed by atoms with E-state index >= 15 is 0 Å². The lowest BCUT2D eigenvalue weighted by molar-refractivity contribution is -0.123. The third-order valence-electron chi connectivity index (χ3n) is 2.79. The van der Waals surface area contributed by atoms with Crippen LogP contribution in [0.1, 0.15) is 29.8 Å². The van der Waals surface area contributed by atoms with Crippen LogP contribution in [0.2, 0.25) is 0 Å². The number of carbonyl (C=O) groups is 2. The van der Waals surface area contributed by atoms with Crippen LogP contribution in [0, 0.1) is 0 Å². The standard InChI is InChI=1S/C13H19N3O2/c1-13(2,12(14)18)16-8-9-4-6-10(7-5-9)11(17)15-3/h4-7,16H,8H2,1-3H3,(H2,14,18)(H,15,17). The van der Waals surface area contributed by atoms with Gasteiger partial charge in [-0.25, -0.2) is 0 Å². The number of benzene rings is 1. The first kappa shape index (κ1) is 14.2. The predicted molar refractivity (Wildman–Crippen MR) is 69.9 cm³/mol. The number of carbonyl (C=O) groups excluding carboxylic acids is 2. The maximum Gasteiger partial charge on any atom is 0.251 e. The van der Waals surface area contributed by atoms with Gasteiger partial charge in [-0.15, -0.1) is 0 Å². The van der Waals surface area contributed by atoms with Crippen molar-refractivity contribution in [1.82, 2.24) is 10.6 Å². The number of hydrogen-bond acceptors (Lipinski definition) is 3. The quantitative estimate of drug-likeness (QED) is 0.706. The third kappa shape index (κ3) is 3.56. The van der Waals surface area contributed by atoms with E-state index in [1.54, 1.807) is 33.0 Å². The Balaban J connectivity index is 2.65. The average Bonchev–Trinajstić information content (AvgIpc) is 2.36. The van der Waals surface area contributed by atoms with Gasteiger partial charge in [0.25, 0.3) is 5.91 Å². The molecule has 0 radical (unpaired) electrons. The molecule has 0 aliphatic heterocycles. The molecule has 0 aliphatic carbocycles. The molecule has 5 nitrogen and oxygen atoms in total. The summed E-state index contributed by atoms with van der Waals surface area (Å²) in [7, 11) is 1.59. The van der Waals surface area contributed by atoms with Crippen molar-refractivity contribution >= 4 is 11.8 Å². The lowest BCUT2D eigenvalue weighted by Crippen LogP contribution is -2.50. The van der Waals surface area contributed by atoms with Gasteiger partial charge in [-0.1, -0.05) is 12.1 Å². The van der Waals surface area contributed by atoms with Crippen molar-refractivity contribution in [2.75, 3.05) is 7.05 Å². The molecule has 0 saturated heterocycles. The molecule has 5 heteroatoms. The highest BCUT2D eigenvalue weighted by atomic mass is 16.2. The van der Waals surface area contributed by atoms with E-state index in [9.17, 15) is 9.59 Å². The second kappa shape index (κ2) is 5.64. The zero-order chi connectivity index (χ0) is 13.8. The van der Waals surface area contributed by atoms with Crippen LogP contribution in [-0.2, 0) is 11.3 Å². The lowest BCUT2D eigenvalue weighted by Gasteiger charge is -2.22. The minimum atomic E-state index is -0.751. The van der Waals surface area contributed by atoms with Crippen LogP contribution in [0.4, 0.5) is 0 Å². The van der Waals surface area contributed by atoms with Crippen molar-refractivity contribution in [3.8, 4) is 0 Å². The Hall–Kier alpha value is -1.88. The van der Waals surface area contributed by atoms with Gasteiger partial charge in [0.2, 0.25) is 5.91 Å². The van der Waals surface area contributed by atoms with Crippen molar-refractivity contribution in [1.29, 1.82) is 0 Å². The second-order valence-corrected chi connectivity index (χ2v) is 4.62. The number of primary amides is 1. The molecule has 0 bridgehead atoms. The summed E-state index contributed by atoms with van der Waals surface area (Å²) in [5.74, 6) is -0.517. The second-order valence-electron chi connectivity index (χ2n) is 4.62. The Morgan fingerprint density at radius 2 is 1.78 bits per heavy atom. The van der Waals surface area contributed by atoms with Crippen LogP contribution in [-0.4, -0.2) is 24.4 Å². The number of amides is 2. The van der Waals surface area contributed by atoms with E-state index in [4.69, 9.17) is 5.73 Å². The van der Waals surface area contributed by atoms with Crippen LogP contribution >= 0.6 is 0 Å². The van der Waals surface area contributed by atoms with E-state index in [0.717, 1.165) is 5.56 Å². The molecule has 0 aromatic heterocycles. The van der Waals surface area contributed by atoms with Gasteiger partial charge < -0.3 is 11.1 Å². The van der Waals surface area contributed by atoms with Gasteiger partial charge >= 0.3 is 0 Å². The first-order chi connectivity index (χ1) is 8.36. The number of rotatable bonds is 5. The van der Waals surface area contributed by atoms with E-state index in [1.165, 1.54) is 0 Å². The van der Waals surface area contributed by atoms with Gasteiger partial charge in [-0.3, -0.25) is 14.9 Å². The minimum Gasteiger partial charge on any atom is -0.368 e. The first-order valence-corrected chi connectivity index (χ1v) is 5.73. The van der Waals surface area contributed by atoms with E-state index in [1.807, 2.05) is 12.1 Å². The Bertz CT molecular complexity index is 438. The summed E-state index contributed by atoms with van der Waals surface area (Å²) < 4.78 is 0. The molecule has 0 aliphatic rings. The molecular weight excluding hydrogens is 230 g/mol. The highest BCUT2D eigenvalue weighted by molar-refractivity contribution is 5.93. The molecule has 0 saturated carbocycles. The summed E-state index contributed by atoms with van der Waals surface area (Å²) in [5, 5.41) is 5.62. The van der Waals surface area contributed by atoms with Crippen molar-refractivity contribution in [3.63, 3.8) is 0 Å². The number of hydrogen-bond donors (Lipinski definition) is 3. The van der Waals surface area contributed by atoms with Crippen molar-refractivity contribution in [2.45, 2.75) is 25.9 Å². The van der Waals surface area contributed by atoms with E-state index in [-0.39, 0.29) is 5.91 Å². The van der Waals surface area contributed by atoms with Gasteiger partial charge in [0.15, 0.2) is 0 Å². The number of nitrogens with one attached hydrogen (secondary N) is 2. The molecule has 0 atom stereocenters. The maximum absolute atomic E-state index is 11.3. The van der Waals surface area contributed by atoms with E-state index in [2.05, 4.69) is 10.6 Å². The fourth-order valence-corrected chi connectivity index (χ4v) is 1.33. The lowest BCUT2D eigenvalue weighted by atomic mass is 10.0. The highest BCUT2D eigenvalue weighted by Gasteiger charge is 2.23. The summed E-state index contributed by atoms with van der Waals surface area (Å²) in [6.45, 7) is 3.98. The molecule has 0 heterocycles. The molecule has 18 heavy (non-hydrogen) atoms. The van der Waals surface area contributed by atoms with Crippen LogP contribution in [0.15, 0.2) is 24.3 Å². The van der Waals surface area contributed by atoms with Crippen LogP contribution in [0.3, 0.4) is 0 Å². The van der Waals surface area contributed by atoms with Gasteiger partial charge in [0.05, 0.1) is 5.54 Å². The van der Waals surface area contributed by atoms with Crippen molar-refractivity contribution in [2.24, 2.45) is 5.73 Å². The minimum absolute atomic E-state index is 0.119. The molecule has 0 unspecified atom stereocenters. The van der Waals surface area contributed by atoms with Gasteiger partial charge in [-0.05, 0) is 31.5 Å². The smallest absolute Gasteiger partial charge is 0.251 e. The molecular formula is C13H19N3O2. The topological polar surface area (TPSA) is 84.2 Å². The average molecular weight is 249 g/mol. The Kier molecular flexibility index (Phi) is 4.44. The summed E-state index contributed by atoms with van der Waals surface area (Å²) in [5.41, 5.74) is 6.10. The Morgan fingerprint density at radius 3 is 2.22 bits per heavy atom. The van der Waals surface area contributed by atoms with Gasteiger partial charge in [0, 0.05) is 19.2 Å². The molecule has 1 rings (SSSR count). The predicted octanol–water partition coefficient (Wildman–Crippen LogP) is 0.400. The monoisotopic (exact) mass is 249 g/mol. The molecule has 2 amide bonds. The summed E-state index contributed by atoms with van der Waals surface area (Å²) in [6, 6.07) is 7.17. The largest absolute Gasteiger partial charge is 0.368 e. The third-order valence-corrected chi connectivity index (χ3v) is 2.79. The van der Waals surface area contributed by atoms with Gasteiger partial charge in [-0.2, -0.15) is 0 Å². The SMILES string of the molecule is CNC(=O)c1ccc(CNC(C)(C)C(N)=O)cc1. The Labute approximate surface area is 107 Å². The van der Waals surface area contributed by atoms with Gasteiger partial charge in [0.1, 0.15) is 0 Å². The molecule has 0 fully saturated rings. The summed E-state index contributed by atoms with van der Waals surface area (Å²) in [4.78, 5) is 22.5. The Morgan fingerprint density at radius 1 is 1.22 bits per heavy atom. The van der Waals surface area contributed by atoms with E-state index in [0.29, 0.717) is 12.1 Å². The molecule has 1 aromatic carbocycles. The van der Waals surface area contributed by atoms with Crippen LogP contribution in [0.25, 0.3) is 0 Å². The summed E-state index contributed by atoms with van der Waals surface area (Å²) in [6.07, 6.45) is 0.